The maximum atomic E-state index is 9.22. The van der Waals surface area contributed by atoms with Crippen LogP contribution < -0.4 is 10.6 Å². The van der Waals surface area contributed by atoms with Gasteiger partial charge in [0.15, 0.2) is 6.29 Å². The number of ether oxygens (including phenoxy) is 2. The van der Waals surface area contributed by atoms with Crippen LogP contribution in [0.5, 0.6) is 0 Å². The van der Waals surface area contributed by atoms with E-state index in [4.69, 9.17) is 9.47 Å². The van der Waals surface area contributed by atoms with Crippen molar-refractivity contribution in [3.63, 3.8) is 0 Å². The molecule has 1 saturated heterocycles. The Morgan fingerprint density at radius 1 is 1.17 bits per heavy atom. The van der Waals surface area contributed by atoms with Crippen LogP contribution in [0, 0.1) is 0 Å². The number of aliphatic hydroxyl groups is 1. The number of hydrogen-bond acceptors (Lipinski definition) is 5. The molecule has 0 spiro atoms. The van der Waals surface area contributed by atoms with Crippen molar-refractivity contribution in [1.82, 2.24) is 10.6 Å². The van der Waals surface area contributed by atoms with Gasteiger partial charge in [0.2, 0.25) is 0 Å². The van der Waals surface area contributed by atoms with E-state index < -0.39 is 0 Å². The zero-order chi connectivity index (χ0) is 12.4. The van der Waals surface area contributed by atoms with Gasteiger partial charge in [-0.15, -0.1) is 0 Å². The predicted molar refractivity (Wildman–Crippen MR) is 65.5 cm³/mol. The van der Waals surface area contributed by atoms with Crippen LogP contribution in [0.4, 0.5) is 0 Å². The summed E-state index contributed by atoms with van der Waals surface area (Å²) in [4.78, 5) is 0. The molecule has 6 nitrogen and oxygen atoms in total. The molecule has 0 aromatic heterocycles. The summed E-state index contributed by atoms with van der Waals surface area (Å²) in [7, 11) is 0. The van der Waals surface area contributed by atoms with Crippen LogP contribution in [0.3, 0.4) is 0 Å². The van der Waals surface area contributed by atoms with E-state index in [2.05, 4.69) is 15.2 Å². The Kier molecular flexibility index (Phi) is 3.67. The van der Waals surface area contributed by atoms with Gasteiger partial charge in [0.1, 0.15) is 12.1 Å². The van der Waals surface area contributed by atoms with Crippen LogP contribution in [-0.2, 0) is 9.47 Å². The molecular formula is C12H22N3O3+. The van der Waals surface area contributed by atoms with Crippen molar-refractivity contribution in [2.45, 2.75) is 37.6 Å². The summed E-state index contributed by atoms with van der Waals surface area (Å²) in [6, 6.07) is 0.372. The highest BCUT2D eigenvalue weighted by Gasteiger charge is 2.36. The Bertz CT molecular complexity index is 329. The Hall–Kier alpha value is -0.850. The van der Waals surface area contributed by atoms with Crippen molar-refractivity contribution >= 4 is 5.96 Å². The molecule has 0 radical (unpaired) electrons. The number of nitrogens with zero attached hydrogens (tertiary/aromatic N) is 1. The molecule has 0 bridgehead atoms. The van der Waals surface area contributed by atoms with Gasteiger partial charge >= 0.3 is 5.96 Å². The summed E-state index contributed by atoms with van der Waals surface area (Å²) >= 11 is 0. The van der Waals surface area contributed by atoms with E-state index in [0.29, 0.717) is 0 Å². The lowest BCUT2D eigenvalue weighted by molar-refractivity contribution is -0.544. The molecule has 0 unspecified atom stereocenters. The highest BCUT2D eigenvalue weighted by molar-refractivity contribution is 5.76. The first-order chi connectivity index (χ1) is 8.86. The number of hydrogen-bond donors (Lipinski definition) is 3. The van der Waals surface area contributed by atoms with E-state index in [1.165, 1.54) is 0 Å². The molecular weight excluding hydrogens is 234 g/mol. The normalized spacial score (nSPS) is 33.6. The summed E-state index contributed by atoms with van der Waals surface area (Å²) in [6.07, 6.45) is 2.86. The Morgan fingerprint density at radius 3 is 2.72 bits per heavy atom. The van der Waals surface area contributed by atoms with Crippen LogP contribution in [0.2, 0.25) is 0 Å². The van der Waals surface area contributed by atoms with Crippen molar-refractivity contribution in [1.29, 1.82) is 0 Å². The van der Waals surface area contributed by atoms with Crippen LogP contribution in [0.15, 0.2) is 0 Å². The number of aliphatic hydroxyl groups excluding tert-OH is 1. The zero-order valence-corrected chi connectivity index (χ0v) is 10.6. The Balaban J connectivity index is 1.63. The molecule has 0 aromatic carbocycles. The summed E-state index contributed by atoms with van der Waals surface area (Å²) in [6.45, 7) is 3.77. The largest absolute Gasteiger partial charge is 0.393 e. The van der Waals surface area contributed by atoms with Gasteiger partial charge in [-0.25, -0.2) is 0 Å². The Morgan fingerprint density at radius 2 is 1.94 bits per heavy atom. The van der Waals surface area contributed by atoms with E-state index in [-0.39, 0.29) is 25.0 Å². The third kappa shape index (κ3) is 2.46. The summed E-state index contributed by atoms with van der Waals surface area (Å²) < 4.78 is 13.6. The topological polar surface area (TPSA) is 65.8 Å². The lowest BCUT2D eigenvalue weighted by atomic mass is 10.1. The Labute approximate surface area is 107 Å². The molecule has 1 fully saturated rings. The van der Waals surface area contributed by atoms with Crippen molar-refractivity contribution in [3.05, 3.63) is 0 Å². The van der Waals surface area contributed by atoms with Crippen LogP contribution >= 0.6 is 0 Å². The fraction of sp³-hybridized carbons (Fsp3) is 0.917. The molecule has 3 N–H and O–H groups in total. The van der Waals surface area contributed by atoms with Gasteiger partial charge in [-0.3, -0.25) is 15.2 Å². The molecule has 0 aliphatic carbocycles. The minimum atomic E-state index is -0.135. The van der Waals surface area contributed by atoms with Gasteiger partial charge in [0.05, 0.1) is 32.9 Å². The standard InChI is InChI=1S/C12H21N3O3/c16-8-9-2-4-15-5-3-10(14-12(15)13-9)11-17-6-1-7-18-11/h9-11,16H,1-8H2,(H,13,14)/p+1/t9-,10-/m0/s1. The lowest BCUT2D eigenvalue weighted by Gasteiger charge is -2.35. The minimum absolute atomic E-state index is 0.135. The predicted octanol–water partition coefficient (Wildman–Crippen LogP) is -1.17. The molecule has 6 heteroatoms. The first kappa shape index (κ1) is 12.2. The summed E-state index contributed by atoms with van der Waals surface area (Å²) in [5.41, 5.74) is 0. The van der Waals surface area contributed by atoms with Gasteiger partial charge < -0.3 is 14.6 Å². The average Bonchev–Trinajstić information content (AvgIpc) is 2.47. The molecule has 3 heterocycles. The fourth-order valence-electron chi connectivity index (χ4n) is 2.76. The second kappa shape index (κ2) is 5.42. The lowest BCUT2D eigenvalue weighted by Crippen LogP contribution is -2.63. The van der Waals surface area contributed by atoms with Gasteiger partial charge in [-0.05, 0) is 6.42 Å². The first-order valence-corrected chi connectivity index (χ1v) is 6.86. The van der Waals surface area contributed by atoms with Crippen molar-refractivity contribution in [2.24, 2.45) is 0 Å². The van der Waals surface area contributed by atoms with Crippen molar-refractivity contribution < 1.29 is 19.2 Å². The molecule has 3 aliphatic heterocycles. The fourth-order valence-corrected chi connectivity index (χ4v) is 2.76. The maximum absolute atomic E-state index is 9.22. The van der Waals surface area contributed by atoms with Gasteiger partial charge in [-0.2, -0.15) is 0 Å². The quantitative estimate of drug-likeness (QED) is 0.544. The third-order valence-corrected chi connectivity index (χ3v) is 3.84. The van der Waals surface area contributed by atoms with Crippen LogP contribution in [0.1, 0.15) is 19.3 Å². The van der Waals surface area contributed by atoms with E-state index in [1.807, 2.05) is 0 Å². The third-order valence-electron chi connectivity index (χ3n) is 3.84. The van der Waals surface area contributed by atoms with Crippen LogP contribution in [0.25, 0.3) is 0 Å². The van der Waals surface area contributed by atoms with Gasteiger partial charge in [0.25, 0.3) is 0 Å². The van der Waals surface area contributed by atoms with E-state index in [1.54, 1.807) is 0 Å². The van der Waals surface area contributed by atoms with Crippen LogP contribution in [-0.4, -0.2) is 66.9 Å². The first-order valence-electron chi connectivity index (χ1n) is 6.86. The number of nitrogens with one attached hydrogen (secondary N) is 2. The van der Waals surface area contributed by atoms with Crippen molar-refractivity contribution in [2.75, 3.05) is 32.9 Å². The molecule has 0 aromatic rings. The molecule has 0 amide bonds. The number of guanidine groups is 1. The molecule has 3 rings (SSSR count). The molecule has 2 atom stereocenters. The second-order valence-corrected chi connectivity index (χ2v) is 5.15. The molecule has 3 aliphatic rings. The van der Waals surface area contributed by atoms with Crippen molar-refractivity contribution in [3.8, 4) is 0 Å². The molecule has 0 saturated carbocycles. The SMILES string of the molecule is OC[C@@H]1CC[N+]2=C(N1)N[C@H](C1OCCCO1)CC2. The van der Waals surface area contributed by atoms with Gasteiger partial charge in [0, 0.05) is 12.8 Å². The summed E-state index contributed by atoms with van der Waals surface area (Å²) in [5, 5.41) is 16.0. The van der Waals surface area contributed by atoms with E-state index in [0.717, 1.165) is 51.5 Å². The molecule has 18 heavy (non-hydrogen) atoms. The zero-order valence-electron chi connectivity index (χ0n) is 10.6. The highest BCUT2D eigenvalue weighted by Crippen LogP contribution is 2.15. The average molecular weight is 256 g/mol. The van der Waals surface area contributed by atoms with E-state index in [9.17, 15) is 5.11 Å². The number of rotatable bonds is 2. The second-order valence-electron chi connectivity index (χ2n) is 5.15. The summed E-state index contributed by atoms with van der Waals surface area (Å²) in [5.74, 6) is 1.02. The highest BCUT2D eigenvalue weighted by atomic mass is 16.7. The van der Waals surface area contributed by atoms with E-state index >= 15 is 0 Å². The monoisotopic (exact) mass is 256 g/mol. The molecule has 102 valence electrons. The maximum Gasteiger partial charge on any atom is 0.346 e. The van der Waals surface area contributed by atoms with Gasteiger partial charge in [-0.1, -0.05) is 0 Å². The smallest absolute Gasteiger partial charge is 0.346 e. The minimum Gasteiger partial charge on any atom is -0.393 e.